The van der Waals surface area contributed by atoms with Crippen LogP contribution in [-0.2, 0) is 4.74 Å². The summed E-state index contributed by atoms with van der Waals surface area (Å²) in [6.45, 7) is 5.14. The van der Waals surface area contributed by atoms with Crippen LogP contribution in [0.15, 0.2) is 18.4 Å². The van der Waals surface area contributed by atoms with Gasteiger partial charge in [0.15, 0.2) is 0 Å². The number of aromatic nitrogens is 3. The van der Waals surface area contributed by atoms with Crippen molar-refractivity contribution in [3.8, 4) is 0 Å². The predicted octanol–water partition coefficient (Wildman–Crippen LogP) is 1.52. The van der Waals surface area contributed by atoms with Gasteiger partial charge >= 0.3 is 0 Å². The van der Waals surface area contributed by atoms with E-state index in [0.717, 1.165) is 18.8 Å². The molecule has 13 heavy (non-hydrogen) atoms. The van der Waals surface area contributed by atoms with Crippen molar-refractivity contribution < 1.29 is 4.74 Å². The SMILES string of the molecule is CC1(C)CCOC1=Cn1cncn1. The van der Waals surface area contributed by atoms with E-state index in [-0.39, 0.29) is 5.41 Å². The quantitative estimate of drug-likeness (QED) is 0.656. The third-order valence-electron chi connectivity index (χ3n) is 2.34. The molecule has 1 fully saturated rings. The Kier molecular flexibility index (Phi) is 1.83. The minimum absolute atomic E-state index is 0.131. The highest BCUT2D eigenvalue weighted by Crippen LogP contribution is 2.37. The average Bonchev–Trinajstić information content (AvgIpc) is 2.63. The molecule has 1 aromatic rings. The van der Waals surface area contributed by atoms with Crippen LogP contribution in [0.25, 0.3) is 6.20 Å². The van der Waals surface area contributed by atoms with Crippen LogP contribution in [0.4, 0.5) is 0 Å². The van der Waals surface area contributed by atoms with Crippen LogP contribution in [0.3, 0.4) is 0 Å². The average molecular weight is 179 g/mol. The molecule has 0 N–H and O–H groups in total. The zero-order chi connectivity index (χ0) is 9.31. The lowest BCUT2D eigenvalue weighted by molar-refractivity contribution is 0.252. The summed E-state index contributed by atoms with van der Waals surface area (Å²) in [4.78, 5) is 3.86. The van der Waals surface area contributed by atoms with Crippen molar-refractivity contribution in [3.05, 3.63) is 18.4 Å². The molecule has 0 unspecified atom stereocenters. The van der Waals surface area contributed by atoms with E-state index in [2.05, 4.69) is 23.9 Å². The summed E-state index contributed by atoms with van der Waals surface area (Å²) in [6, 6.07) is 0. The lowest BCUT2D eigenvalue weighted by atomic mass is 9.90. The first-order valence-corrected chi connectivity index (χ1v) is 4.38. The van der Waals surface area contributed by atoms with Gasteiger partial charge in [0.1, 0.15) is 18.4 Å². The topological polar surface area (TPSA) is 39.9 Å². The number of rotatable bonds is 1. The molecule has 0 radical (unpaired) electrons. The molecule has 0 aromatic carbocycles. The molecule has 1 saturated heterocycles. The lowest BCUT2D eigenvalue weighted by Gasteiger charge is -2.15. The third-order valence-corrected chi connectivity index (χ3v) is 2.34. The van der Waals surface area contributed by atoms with E-state index < -0.39 is 0 Å². The van der Waals surface area contributed by atoms with Gasteiger partial charge in [0.25, 0.3) is 0 Å². The Bertz CT molecular complexity index is 314. The zero-order valence-electron chi connectivity index (χ0n) is 7.90. The van der Waals surface area contributed by atoms with Crippen molar-refractivity contribution in [1.29, 1.82) is 0 Å². The molecule has 0 aliphatic carbocycles. The Balaban J connectivity index is 2.26. The summed E-state index contributed by atoms with van der Waals surface area (Å²) >= 11 is 0. The molecule has 0 saturated carbocycles. The Hall–Kier alpha value is -1.32. The van der Waals surface area contributed by atoms with E-state index in [9.17, 15) is 0 Å². The van der Waals surface area contributed by atoms with Gasteiger partial charge in [-0.3, -0.25) is 0 Å². The zero-order valence-corrected chi connectivity index (χ0v) is 7.90. The Morgan fingerprint density at radius 2 is 2.46 bits per heavy atom. The number of nitrogens with zero attached hydrogens (tertiary/aromatic N) is 3. The van der Waals surface area contributed by atoms with Gasteiger partial charge in [-0.1, -0.05) is 13.8 Å². The number of allylic oxidation sites excluding steroid dienone is 1. The monoisotopic (exact) mass is 179 g/mol. The van der Waals surface area contributed by atoms with E-state index in [1.54, 1.807) is 11.0 Å². The van der Waals surface area contributed by atoms with Gasteiger partial charge in [-0.15, -0.1) is 0 Å². The van der Waals surface area contributed by atoms with Crippen molar-refractivity contribution in [1.82, 2.24) is 14.8 Å². The van der Waals surface area contributed by atoms with E-state index in [1.807, 2.05) is 6.20 Å². The first-order chi connectivity index (χ1) is 6.18. The summed E-state index contributed by atoms with van der Waals surface area (Å²) in [6.07, 6.45) is 6.12. The molecular weight excluding hydrogens is 166 g/mol. The van der Waals surface area contributed by atoms with E-state index in [0.29, 0.717) is 0 Å². The maximum Gasteiger partial charge on any atom is 0.138 e. The number of hydrogen-bond donors (Lipinski definition) is 0. The molecule has 4 nitrogen and oxygen atoms in total. The number of hydrogen-bond acceptors (Lipinski definition) is 3. The smallest absolute Gasteiger partial charge is 0.138 e. The molecule has 1 aromatic heterocycles. The van der Waals surface area contributed by atoms with Gasteiger partial charge in [-0.25, -0.2) is 9.67 Å². The van der Waals surface area contributed by atoms with Crippen LogP contribution < -0.4 is 0 Å². The second kappa shape index (κ2) is 2.87. The third kappa shape index (κ3) is 1.56. The highest BCUT2D eigenvalue weighted by Gasteiger charge is 2.31. The van der Waals surface area contributed by atoms with Crippen LogP contribution in [0.5, 0.6) is 0 Å². The molecule has 2 rings (SSSR count). The Labute approximate surface area is 77.2 Å². The maximum absolute atomic E-state index is 5.51. The van der Waals surface area contributed by atoms with Crippen LogP contribution in [-0.4, -0.2) is 21.4 Å². The normalized spacial score (nSPS) is 23.4. The molecule has 0 bridgehead atoms. The van der Waals surface area contributed by atoms with Gasteiger partial charge in [-0.2, -0.15) is 5.10 Å². The fourth-order valence-corrected chi connectivity index (χ4v) is 1.35. The molecular formula is C9H13N3O. The summed E-state index contributed by atoms with van der Waals surface area (Å²) in [5.74, 6) is 0.984. The molecule has 4 heteroatoms. The van der Waals surface area contributed by atoms with Gasteiger partial charge in [-0.05, 0) is 6.42 Å². The molecule has 0 spiro atoms. The van der Waals surface area contributed by atoms with Crippen LogP contribution in [0.2, 0.25) is 0 Å². The van der Waals surface area contributed by atoms with Gasteiger partial charge in [0.05, 0.1) is 12.8 Å². The largest absolute Gasteiger partial charge is 0.496 e. The van der Waals surface area contributed by atoms with Crippen molar-refractivity contribution in [2.45, 2.75) is 20.3 Å². The minimum atomic E-state index is 0.131. The standard InChI is InChI=1S/C9H13N3O/c1-9(2)3-4-13-8(9)5-12-7-10-6-11-12/h5-7H,3-4H2,1-2H3. The minimum Gasteiger partial charge on any atom is -0.496 e. The van der Waals surface area contributed by atoms with Crippen molar-refractivity contribution in [2.24, 2.45) is 5.41 Å². The second-order valence-corrected chi connectivity index (χ2v) is 3.85. The van der Waals surface area contributed by atoms with Crippen LogP contribution in [0.1, 0.15) is 20.3 Å². The Morgan fingerprint density at radius 1 is 1.62 bits per heavy atom. The number of ether oxygens (including phenoxy) is 1. The van der Waals surface area contributed by atoms with Gasteiger partial charge in [0, 0.05) is 5.41 Å². The highest BCUT2D eigenvalue weighted by atomic mass is 16.5. The fraction of sp³-hybridized carbons (Fsp3) is 0.556. The summed E-state index contributed by atoms with van der Waals surface area (Å²) < 4.78 is 7.18. The molecule has 1 aliphatic rings. The summed E-state index contributed by atoms with van der Waals surface area (Å²) in [5, 5.41) is 3.99. The predicted molar refractivity (Wildman–Crippen MR) is 48.6 cm³/mol. The molecule has 70 valence electrons. The van der Waals surface area contributed by atoms with Gasteiger partial charge in [0.2, 0.25) is 0 Å². The molecule has 0 atom stereocenters. The van der Waals surface area contributed by atoms with Crippen molar-refractivity contribution in [2.75, 3.05) is 6.61 Å². The van der Waals surface area contributed by atoms with Crippen molar-refractivity contribution in [3.63, 3.8) is 0 Å². The first kappa shape index (κ1) is 8.29. The van der Waals surface area contributed by atoms with Crippen LogP contribution >= 0.6 is 0 Å². The highest BCUT2D eigenvalue weighted by molar-refractivity contribution is 5.29. The Morgan fingerprint density at radius 3 is 3.00 bits per heavy atom. The van der Waals surface area contributed by atoms with E-state index in [4.69, 9.17) is 4.74 Å². The van der Waals surface area contributed by atoms with E-state index in [1.165, 1.54) is 6.33 Å². The molecule has 0 amide bonds. The summed E-state index contributed by atoms with van der Waals surface area (Å²) in [5.41, 5.74) is 0.131. The van der Waals surface area contributed by atoms with E-state index >= 15 is 0 Å². The second-order valence-electron chi connectivity index (χ2n) is 3.85. The molecule has 2 heterocycles. The maximum atomic E-state index is 5.51. The summed E-state index contributed by atoms with van der Waals surface area (Å²) in [7, 11) is 0. The fourth-order valence-electron chi connectivity index (χ4n) is 1.35. The first-order valence-electron chi connectivity index (χ1n) is 4.38. The van der Waals surface area contributed by atoms with Crippen molar-refractivity contribution >= 4 is 6.20 Å². The van der Waals surface area contributed by atoms with Gasteiger partial charge < -0.3 is 4.74 Å². The molecule has 1 aliphatic heterocycles. The lowest BCUT2D eigenvalue weighted by Crippen LogP contribution is -2.08. The van der Waals surface area contributed by atoms with Crippen LogP contribution in [0, 0.1) is 5.41 Å².